The van der Waals surface area contributed by atoms with E-state index < -0.39 is 16.5 Å². The average molecular weight is 329 g/mol. The highest BCUT2D eigenvalue weighted by Gasteiger charge is 2.15. The first-order valence-corrected chi connectivity index (χ1v) is 6.80. The van der Waals surface area contributed by atoms with Crippen molar-refractivity contribution in [1.29, 1.82) is 0 Å². The Morgan fingerprint density at radius 2 is 2.21 bits per heavy atom. The van der Waals surface area contributed by atoms with Gasteiger partial charge in [-0.05, 0) is 22.6 Å². The highest BCUT2D eigenvalue weighted by Crippen LogP contribution is 2.22. The number of carbonyl (C=O) groups is 1. The van der Waals surface area contributed by atoms with Crippen LogP contribution in [0.1, 0.15) is 12.5 Å². The van der Waals surface area contributed by atoms with Gasteiger partial charge in [-0.1, -0.05) is 4.98 Å². The molecule has 24 heavy (non-hydrogen) atoms. The monoisotopic (exact) mass is 329 g/mol. The van der Waals surface area contributed by atoms with Crippen LogP contribution in [-0.4, -0.2) is 25.6 Å². The molecular weight excluding hydrogens is 318 g/mol. The Balaban J connectivity index is 2.01. The van der Waals surface area contributed by atoms with Crippen molar-refractivity contribution in [3.8, 4) is 0 Å². The zero-order valence-electron chi connectivity index (χ0n) is 12.4. The van der Waals surface area contributed by atoms with Gasteiger partial charge < -0.3 is 19.8 Å². The van der Waals surface area contributed by atoms with Gasteiger partial charge in [-0.2, -0.15) is 4.68 Å². The first-order chi connectivity index (χ1) is 11.4. The van der Waals surface area contributed by atoms with Gasteiger partial charge in [-0.3, -0.25) is 4.79 Å². The summed E-state index contributed by atoms with van der Waals surface area (Å²) in [5.41, 5.74) is 0.771. The molecule has 0 saturated heterocycles. The zero-order valence-corrected chi connectivity index (χ0v) is 12.4. The molecule has 0 saturated carbocycles. The smallest absolute Gasteiger partial charge is 0.423 e. The van der Waals surface area contributed by atoms with E-state index in [0.717, 1.165) is 0 Å². The van der Waals surface area contributed by atoms with Crippen molar-refractivity contribution in [2.45, 2.75) is 13.5 Å². The maximum atomic E-state index is 11.7. The number of carbonyl (C=O) groups excluding carboxylic acids is 1. The Hall–Kier alpha value is -3.56. The van der Waals surface area contributed by atoms with Crippen molar-refractivity contribution in [3.63, 3.8) is 0 Å². The standard InChI is InChI=1S/C14H11N5O5/c1-8(20)16-10-2-3-11-9(4-13(21)24-12(11)5-10)6-18-7-15-14(17-18)19(22)23/h2-5,7H,6H2,1H3,(H,16,20). The Labute approximate surface area is 133 Å². The van der Waals surface area contributed by atoms with Gasteiger partial charge in [-0.15, -0.1) is 0 Å². The molecule has 0 aliphatic rings. The van der Waals surface area contributed by atoms with Crippen LogP contribution in [0.25, 0.3) is 11.0 Å². The molecule has 0 aliphatic heterocycles. The third-order valence-corrected chi connectivity index (χ3v) is 3.17. The number of anilines is 1. The van der Waals surface area contributed by atoms with E-state index in [2.05, 4.69) is 15.4 Å². The number of nitrogens with zero attached hydrogens (tertiary/aromatic N) is 4. The fourth-order valence-electron chi connectivity index (χ4n) is 2.26. The third-order valence-electron chi connectivity index (χ3n) is 3.17. The second-order valence-electron chi connectivity index (χ2n) is 4.98. The first kappa shape index (κ1) is 15.3. The number of nitro groups is 1. The Kier molecular flexibility index (Phi) is 3.78. The van der Waals surface area contributed by atoms with Crippen LogP contribution in [0.3, 0.4) is 0 Å². The lowest BCUT2D eigenvalue weighted by Gasteiger charge is -2.06. The largest absolute Gasteiger partial charge is 0.490 e. The van der Waals surface area contributed by atoms with Crippen LogP contribution in [0.15, 0.2) is 39.8 Å². The van der Waals surface area contributed by atoms with E-state index >= 15 is 0 Å². The molecule has 122 valence electrons. The fourth-order valence-corrected chi connectivity index (χ4v) is 2.26. The fraction of sp³-hybridized carbons (Fsp3) is 0.143. The molecule has 0 radical (unpaired) electrons. The van der Waals surface area contributed by atoms with Crippen molar-refractivity contribution in [3.05, 3.63) is 56.7 Å². The topological polar surface area (TPSA) is 133 Å². The lowest BCUT2D eigenvalue weighted by molar-refractivity contribution is -0.394. The number of nitrogens with one attached hydrogen (secondary N) is 1. The summed E-state index contributed by atoms with van der Waals surface area (Å²) in [5, 5.41) is 17.6. The summed E-state index contributed by atoms with van der Waals surface area (Å²) in [6.07, 6.45) is 1.21. The van der Waals surface area contributed by atoms with E-state index in [-0.39, 0.29) is 12.5 Å². The van der Waals surface area contributed by atoms with Gasteiger partial charge in [0.15, 0.2) is 0 Å². The van der Waals surface area contributed by atoms with Gasteiger partial charge in [0.2, 0.25) is 12.2 Å². The molecule has 0 spiro atoms. The van der Waals surface area contributed by atoms with Crippen LogP contribution in [-0.2, 0) is 11.3 Å². The minimum absolute atomic E-state index is 0.114. The van der Waals surface area contributed by atoms with Gasteiger partial charge in [0.05, 0.1) is 6.54 Å². The van der Waals surface area contributed by atoms with Gasteiger partial charge in [-0.25, -0.2) is 4.79 Å². The number of amides is 1. The van der Waals surface area contributed by atoms with Gasteiger partial charge >= 0.3 is 11.6 Å². The molecule has 0 atom stereocenters. The summed E-state index contributed by atoms with van der Waals surface area (Å²) in [5.74, 6) is -0.766. The number of rotatable bonds is 4. The highest BCUT2D eigenvalue weighted by molar-refractivity contribution is 5.92. The molecule has 0 fully saturated rings. The molecule has 2 heterocycles. The van der Waals surface area contributed by atoms with E-state index in [4.69, 9.17) is 4.42 Å². The summed E-state index contributed by atoms with van der Waals surface area (Å²) in [6.45, 7) is 1.48. The van der Waals surface area contributed by atoms with Gasteiger partial charge in [0.25, 0.3) is 0 Å². The molecule has 3 aromatic rings. The highest BCUT2D eigenvalue weighted by atomic mass is 16.6. The maximum absolute atomic E-state index is 11.7. The molecule has 0 aliphatic carbocycles. The molecule has 1 amide bonds. The molecule has 1 N–H and O–H groups in total. The first-order valence-electron chi connectivity index (χ1n) is 6.80. The molecule has 3 rings (SSSR count). The molecule has 0 unspecified atom stereocenters. The maximum Gasteiger partial charge on any atom is 0.490 e. The van der Waals surface area contributed by atoms with Crippen molar-refractivity contribution < 1.29 is 14.1 Å². The lowest BCUT2D eigenvalue weighted by Crippen LogP contribution is -2.08. The van der Waals surface area contributed by atoms with Crippen LogP contribution < -0.4 is 10.9 Å². The van der Waals surface area contributed by atoms with Crippen molar-refractivity contribution in [2.75, 3.05) is 5.32 Å². The van der Waals surface area contributed by atoms with Crippen molar-refractivity contribution in [2.24, 2.45) is 0 Å². The minimum Gasteiger partial charge on any atom is -0.423 e. The predicted molar refractivity (Wildman–Crippen MR) is 82.6 cm³/mol. The summed E-state index contributed by atoms with van der Waals surface area (Å²) < 4.78 is 6.40. The third kappa shape index (κ3) is 3.11. The van der Waals surface area contributed by atoms with Crippen molar-refractivity contribution in [1.82, 2.24) is 14.8 Å². The summed E-state index contributed by atoms with van der Waals surface area (Å²) in [6, 6.07) is 6.17. The lowest BCUT2D eigenvalue weighted by atomic mass is 10.1. The van der Waals surface area contributed by atoms with Crippen LogP contribution in [0.2, 0.25) is 0 Å². The summed E-state index contributed by atoms with van der Waals surface area (Å²) in [7, 11) is 0. The zero-order chi connectivity index (χ0) is 17.3. The molecule has 2 aromatic heterocycles. The van der Waals surface area contributed by atoms with Crippen LogP contribution >= 0.6 is 0 Å². The quantitative estimate of drug-likeness (QED) is 0.433. The summed E-state index contributed by atoms with van der Waals surface area (Å²) in [4.78, 5) is 36.3. The second kappa shape index (κ2) is 5.91. The number of aromatic nitrogens is 3. The molecule has 0 bridgehead atoms. The van der Waals surface area contributed by atoms with E-state index in [1.807, 2.05) is 0 Å². The van der Waals surface area contributed by atoms with Crippen LogP contribution in [0, 0.1) is 10.1 Å². The molecule has 1 aromatic carbocycles. The predicted octanol–water partition coefficient (Wildman–Crippen LogP) is 1.30. The number of benzene rings is 1. The normalized spacial score (nSPS) is 10.7. The van der Waals surface area contributed by atoms with Crippen LogP contribution in [0.5, 0.6) is 0 Å². The Morgan fingerprint density at radius 1 is 1.42 bits per heavy atom. The second-order valence-corrected chi connectivity index (χ2v) is 4.98. The van der Waals surface area contributed by atoms with E-state index in [1.54, 1.807) is 12.1 Å². The molecular formula is C14H11N5O5. The molecule has 10 heteroatoms. The number of fused-ring (bicyclic) bond motifs is 1. The molecule has 10 nitrogen and oxygen atoms in total. The SMILES string of the molecule is CC(=O)Nc1ccc2c(Cn3cnc([N+](=O)[O-])n3)cc(=O)oc2c1. The minimum atomic E-state index is -0.701. The van der Waals surface area contributed by atoms with Gasteiger partial charge in [0.1, 0.15) is 5.58 Å². The Bertz CT molecular complexity index is 1010. The van der Waals surface area contributed by atoms with Gasteiger partial charge in [0, 0.05) is 35.2 Å². The average Bonchev–Trinajstić information content (AvgIpc) is 2.94. The van der Waals surface area contributed by atoms with E-state index in [1.165, 1.54) is 30.1 Å². The van der Waals surface area contributed by atoms with Crippen molar-refractivity contribution >= 4 is 28.5 Å². The summed E-state index contributed by atoms with van der Waals surface area (Å²) >= 11 is 0. The van der Waals surface area contributed by atoms with E-state index in [0.29, 0.717) is 22.2 Å². The van der Waals surface area contributed by atoms with E-state index in [9.17, 15) is 19.7 Å². The Morgan fingerprint density at radius 3 is 2.88 bits per heavy atom. The van der Waals surface area contributed by atoms with Crippen LogP contribution in [0.4, 0.5) is 11.6 Å². The number of hydrogen-bond donors (Lipinski definition) is 1. The number of hydrogen-bond acceptors (Lipinski definition) is 7.